The molecule has 0 amide bonds. The van der Waals surface area contributed by atoms with E-state index in [1.165, 1.54) is 0 Å². The fourth-order valence-electron chi connectivity index (χ4n) is 1.28. The Morgan fingerprint density at radius 3 is 2.82 bits per heavy atom. The fraction of sp³-hybridized carbons (Fsp3) is 0.667. The quantitative estimate of drug-likeness (QED) is 0.439. The van der Waals surface area contributed by atoms with Gasteiger partial charge < -0.3 is 10.1 Å². The van der Waals surface area contributed by atoms with Crippen LogP contribution in [-0.2, 0) is 11.2 Å². The van der Waals surface area contributed by atoms with Crippen molar-refractivity contribution in [2.24, 2.45) is 0 Å². The molecule has 0 spiro atoms. The molecule has 0 saturated carbocycles. The molecule has 96 valence electrons. The molecule has 0 aliphatic carbocycles. The van der Waals surface area contributed by atoms with E-state index in [9.17, 15) is 0 Å². The predicted molar refractivity (Wildman–Crippen MR) is 72.8 cm³/mol. The molecule has 4 nitrogen and oxygen atoms in total. The Morgan fingerprint density at radius 1 is 1.35 bits per heavy atom. The molecule has 0 fully saturated rings. The molecule has 1 aromatic heterocycles. The third-order valence-corrected chi connectivity index (χ3v) is 3.03. The average Bonchev–Trinajstić information content (AvgIpc) is 2.36. The van der Waals surface area contributed by atoms with Crippen molar-refractivity contribution in [3.63, 3.8) is 0 Å². The van der Waals surface area contributed by atoms with E-state index in [0.717, 1.165) is 48.4 Å². The lowest BCUT2D eigenvalue weighted by Gasteiger charge is -2.08. The Bertz CT molecular complexity index is 334. The van der Waals surface area contributed by atoms with Crippen LogP contribution in [0.3, 0.4) is 0 Å². The number of hydrogen-bond donors (Lipinski definition) is 1. The van der Waals surface area contributed by atoms with Gasteiger partial charge in [0.15, 0.2) is 0 Å². The number of thioether (sulfide) groups is 1. The molecule has 17 heavy (non-hydrogen) atoms. The van der Waals surface area contributed by atoms with Crippen molar-refractivity contribution in [3.8, 4) is 0 Å². The van der Waals surface area contributed by atoms with Crippen LogP contribution in [0.15, 0.2) is 11.1 Å². The molecule has 0 radical (unpaired) electrons. The summed E-state index contributed by atoms with van der Waals surface area (Å²) in [7, 11) is 1.71. The lowest BCUT2D eigenvalue weighted by atomic mass is 10.4. The number of ether oxygens (including phenoxy) is 1. The van der Waals surface area contributed by atoms with Crippen molar-refractivity contribution < 1.29 is 4.74 Å². The third kappa shape index (κ3) is 5.37. The van der Waals surface area contributed by atoms with E-state index in [1.807, 2.05) is 6.07 Å². The number of rotatable bonds is 8. The molecule has 0 aromatic carbocycles. The summed E-state index contributed by atoms with van der Waals surface area (Å²) in [4.78, 5) is 8.94. The van der Waals surface area contributed by atoms with Gasteiger partial charge in [0, 0.05) is 31.9 Å². The first kappa shape index (κ1) is 14.3. The average molecular weight is 255 g/mol. The first-order chi connectivity index (χ1) is 8.30. The summed E-state index contributed by atoms with van der Waals surface area (Å²) in [6.07, 6.45) is 1.96. The Kier molecular flexibility index (Phi) is 6.96. The van der Waals surface area contributed by atoms with Gasteiger partial charge in [-0.1, -0.05) is 13.8 Å². The van der Waals surface area contributed by atoms with Crippen LogP contribution in [0.25, 0.3) is 0 Å². The summed E-state index contributed by atoms with van der Waals surface area (Å²) in [5.41, 5.74) is 0. The summed E-state index contributed by atoms with van der Waals surface area (Å²) in [6, 6.07) is 2.01. The molecule has 0 saturated heterocycles. The van der Waals surface area contributed by atoms with Crippen molar-refractivity contribution in [3.05, 3.63) is 11.9 Å². The van der Waals surface area contributed by atoms with Crippen LogP contribution in [0.1, 0.15) is 26.1 Å². The Hall–Kier alpha value is -0.810. The first-order valence-electron chi connectivity index (χ1n) is 6.03. The molecule has 1 N–H and O–H groups in total. The molecule has 0 aliphatic rings. The lowest BCUT2D eigenvalue weighted by Crippen LogP contribution is -2.05. The van der Waals surface area contributed by atoms with Crippen LogP contribution >= 0.6 is 11.8 Å². The SMILES string of the molecule is CCCNc1cc(SCCOC)nc(CC)n1. The van der Waals surface area contributed by atoms with Gasteiger partial charge in [0.05, 0.1) is 6.61 Å². The third-order valence-electron chi connectivity index (χ3n) is 2.16. The van der Waals surface area contributed by atoms with Gasteiger partial charge in [-0.15, -0.1) is 11.8 Å². The second-order valence-electron chi connectivity index (χ2n) is 3.63. The smallest absolute Gasteiger partial charge is 0.131 e. The number of hydrogen-bond acceptors (Lipinski definition) is 5. The van der Waals surface area contributed by atoms with Crippen LogP contribution in [0.2, 0.25) is 0 Å². The Morgan fingerprint density at radius 2 is 2.18 bits per heavy atom. The zero-order valence-corrected chi connectivity index (χ0v) is 11.6. The molecule has 5 heteroatoms. The van der Waals surface area contributed by atoms with E-state index in [0.29, 0.717) is 0 Å². The van der Waals surface area contributed by atoms with Crippen LogP contribution in [0, 0.1) is 0 Å². The fourth-order valence-corrected chi connectivity index (χ4v) is 2.10. The monoisotopic (exact) mass is 255 g/mol. The van der Waals surface area contributed by atoms with Gasteiger partial charge in [-0.05, 0) is 6.42 Å². The van der Waals surface area contributed by atoms with Crippen LogP contribution in [-0.4, -0.2) is 36.0 Å². The normalized spacial score (nSPS) is 10.5. The molecule has 0 atom stereocenters. The highest BCUT2D eigenvalue weighted by molar-refractivity contribution is 7.99. The zero-order chi connectivity index (χ0) is 12.5. The van der Waals surface area contributed by atoms with Gasteiger partial charge in [0.2, 0.25) is 0 Å². The Balaban J connectivity index is 2.67. The minimum absolute atomic E-state index is 0.744. The van der Waals surface area contributed by atoms with E-state index >= 15 is 0 Å². The van der Waals surface area contributed by atoms with Crippen molar-refractivity contribution in [1.82, 2.24) is 9.97 Å². The summed E-state index contributed by atoms with van der Waals surface area (Å²) < 4.78 is 5.04. The topological polar surface area (TPSA) is 47.0 Å². The van der Waals surface area contributed by atoms with Crippen LogP contribution in [0.4, 0.5) is 5.82 Å². The van der Waals surface area contributed by atoms with E-state index in [-0.39, 0.29) is 0 Å². The molecule has 0 bridgehead atoms. The maximum absolute atomic E-state index is 5.04. The molecule has 0 unspecified atom stereocenters. The van der Waals surface area contributed by atoms with Gasteiger partial charge in [0.1, 0.15) is 16.7 Å². The summed E-state index contributed by atoms with van der Waals surface area (Å²) in [6.45, 7) is 5.90. The van der Waals surface area contributed by atoms with Crippen molar-refractivity contribution in [2.75, 3.05) is 31.3 Å². The highest BCUT2D eigenvalue weighted by Gasteiger charge is 2.03. The number of nitrogens with one attached hydrogen (secondary N) is 1. The van der Waals surface area contributed by atoms with Gasteiger partial charge in [-0.25, -0.2) is 9.97 Å². The highest BCUT2D eigenvalue weighted by atomic mass is 32.2. The van der Waals surface area contributed by atoms with Gasteiger partial charge in [0.25, 0.3) is 0 Å². The van der Waals surface area contributed by atoms with Crippen molar-refractivity contribution >= 4 is 17.6 Å². The number of nitrogens with zero attached hydrogens (tertiary/aromatic N) is 2. The maximum Gasteiger partial charge on any atom is 0.131 e. The summed E-state index contributed by atoms with van der Waals surface area (Å²) >= 11 is 1.71. The standard InChI is InChI=1S/C12H21N3OS/c1-4-6-13-11-9-12(17-8-7-16-3)15-10(5-2)14-11/h9H,4-8H2,1-3H3,(H,13,14,15). The highest BCUT2D eigenvalue weighted by Crippen LogP contribution is 2.18. The summed E-state index contributed by atoms with van der Waals surface area (Å²) in [5, 5.41) is 4.32. The lowest BCUT2D eigenvalue weighted by molar-refractivity contribution is 0.218. The first-order valence-corrected chi connectivity index (χ1v) is 7.02. The van der Waals surface area contributed by atoms with E-state index < -0.39 is 0 Å². The molecule has 1 rings (SSSR count). The van der Waals surface area contributed by atoms with E-state index in [4.69, 9.17) is 4.74 Å². The largest absolute Gasteiger partial charge is 0.384 e. The number of aryl methyl sites for hydroxylation is 1. The second-order valence-corrected chi connectivity index (χ2v) is 4.74. The minimum atomic E-state index is 0.744. The predicted octanol–water partition coefficient (Wildman–Crippen LogP) is 2.60. The van der Waals surface area contributed by atoms with Gasteiger partial charge >= 0.3 is 0 Å². The molecular formula is C12H21N3OS. The second kappa shape index (κ2) is 8.31. The van der Waals surface area contributed by atoms with Crippen molar-refractivity contribution in [1.29, 1.82) is 0 Å². The summed E-state index contributed by atoms with van der Waals surface area (Å²) in [5.74, 6) is 2.74. The van der Waals surface area contributed by atoms with E-state index in [2.05, 4.69) is 29.1 Å². The van der Waals surface area contributed by atoms with Gasteiger partial charge in [-0.3, -0.25) is 0 Å². The zero-order valence-electron chi connectivity index (χ0n) is 10.8. The van der Waals surface area contributed by atoms with Crippen LogP contribution < -0.4 is 5.32 Å². The molecule has 1 aromatic rings. The van der Waals surface area contributed by atoms with E-state index in [1.54, 1.807) is 18.9 Å². The van der Waals surface area contributed by atoms with Crippen molar-refractivity contribution in [2.45, 2.75) is 31.7 Å². The molecular weight excluding hydrogens is 234 g/mol. The number of aromatic nitrogens is 2. The van der Waals surface area contributed by atoms with Crippen LogP contribution in [0.5, 0.6) is 0 Å². The van der Waals surface area contributed by atoms with Gasteiger partial charge in [-0.2, -0.15) is 0 Å². The molecule has 0 aliphatic heterocycles. The minimum Gasteiger partial charge on any atom is -0.384 e. The number of anilines is 1. The number of methoxy groups -OCH3 is 1. The Labute approximate surface area is 108 Å². The maximum atomic E-state index is 5.04. The molecule has 1 heterocycles.